The summed E-state index contributed by atoms with van der Waals surface area (Å²) in [6, 6.07) is 12.4. The topological polar surface area (TPSA) is 37.8 Å². The molecule has 0 saturated heterocycles. The Labute approximate surface area is 106 Å². The van der Waals surface area contributed by atoms with Gasteiger partial charge in [-0.05, 0) is 18.7 Å². The van der Waals surface area contributed by atoms with Crippen molar-refractivity contribution in [1.82, 2.24) is 15.3 Å². The molecule has 0 aliphatic carbocycles. The first-order valence-electron chi connectivity index (χ1n) is 5.52. The van der Waals surface area contributed by atoms with Crippen LogP contribution in [0.15, 0.2) is 53.9 Å². The Morgan fingerprint density at radius 2 is 2.06 bits per heavy atom. The zero-order valence-corrected chi connectivity index (χ0v) is 10.5. The van der Waals surface area contributed by atoms with Crippen molar-refractivity contribution in [3.63, 3.8) is 0 Å². The van der Waals surface area contributed by atoms with Gasteiger partial charge in [-0.25, -0.2) is 9.97 Å². The number of aromatic nitrogens is 2. The van der Waals surface area contributed by atoms with Gasteiger partial charge in [0.05, 0.1) is 5.03 Å². The third kappa shape index (κ3) is 3.54. The number of likely N-dealkylation sites (N-methyl/N-ethyl adjacent to an activating group) is 1. The molecule has 0 amide bonds. The first-order chi connectivity index (χ1) is 8.40. The molecule has 2 aromatic rings. The van der Waals surface area contributed by atoms with Crippen molar-refractivity contribution in [2.75, 3.05) is 13.6 Å². The molecule has 0 bridgehead atoms. The van der Waals surface area contributed by atoms with E-state index in [1.807, 2.05) is 19.2 Å². The van der Waals surface area contributed by atoms with Gasteiger partial charge in [0.25, 0.3) is 0 Å². The van der Waals surface area contributed by atoms with Crippen molar-refractivity contribution in [2.24, 2.45) is 0 Å². The van der Waals surface area contributed by atoms with E-state index in [0.29, 0.717) is 5.25 Å². The van der Waals surface area contributed by atoms with Crippen LogP contribution in [0.2, 0.25) is 0 Å². The second-order valence-electron chi connectivity index (χ2n) is 3.62. The maximum Gasteiger partial charge on any atom is 0.116 e. The molecule has 0 aliphatic heterocycles. The van der Waals surface area contributed by atoms with Gasteiger partial charge in [-0.2, -0.15) is 0 Å². The minimum Gasteiger partial charge on any atom is -0.318 e. The van der Waals surface area contributed by atoms with Crippen LogP contribution in [0.25, 0.3) is 0 Å². The number of nitrogens with one attached hydrogen (secondary N) is 1. The van der Waals surface area contributed by atoms with E-state index >= 15 is 0 Å². The molecule has 17 heavy (non-hydrogen) atoms. The van der Waals surface area contributed by atoms with Gasteiger partial charge in [0.2, 0.25) is 0 Å². The number of benzene rings is 1. The molecule has 0 spiro atoms. The molecule has 1 aromatic carbocycles. The molecule has 0 radical (unpaired) electrons. The molecular formula is C13H15N3S. The van der Waals surface area contributed by atoms with E-state index in [-0.39, 0.29) is 0 Å². The van der Waals surface area contributed by atoms with Crippen LogP contribution in [-0.4, -0.2) is 23.6 Å². The van der Waals surface area contributed by atoms with Crippen LogP contribution in [0, 0.1) is 0 Å². The highest BCUT2D eigenvalue weighted by Crippen LogP contribution is 2.32. The second-order valence-corrected chi connectivity index (χ2v) is 4.85. The van der Waals surface area contributed by atoms with Gasteiger partial charge >= 0.3 is 0 Å². The van der Waals surface area contributed by atoms with Crippen molar-refractivity contribution >= 4 is 11.8 Å². The van der Waals surface area contributed by atoms with Crippen molar-refractivity contribution in [3.05, 3.63) is 54.5 Å². The summed E-state index contributed by atoms with van der Waals surface area (Å²) < 4.78 is 0. The molecule has 0 aliphatic rings. The van der Waals surface area contributed by atoms with Crippen molar-refractivity contribution < 1.29 is 0 Å². The van der Waals surface area contributed by atoms with Crippen molar-refractivity contribution in [3.8, 4) is 0 Å². The molecular weight excluding hydrogens is 230 g/mol. The highest BCUT2D eigenvalue weighted by atomic mass is 32.2. The Bertz CT molecular complexity index is 433. The first-order valence-corrected chi connectivity index (χ1v) is 6.40. The Hall–Kier alpha value is -1.39. The lowest BCUT2D eigenvalue weighted by Crippen LogP contribution is -2.15. The Kier molecular flexibility index (Phi) is 4.53. The lowest BCUT2D eigenvalue weighted by Gasteiger charge is -2.15. The quantitative estimate of drug-likeness (QED) is 0.649. The van der Waals surface area contributed by atoms with E-state index < -0.39 is 0 Å². The van der Waals surface area contributed by atoms with Gasteiger partial charge in [0.1, 0.15) is 6.33 Å². The summed E-state index contributed by atoms with van der Waals surface area (Å²) >= 11 is 1.75. The molecule has 1 heterocycles. The molecule has 88 valence electrons. The van der Waals surface area contributed by atoms with Crippen LogP contribution in [-0.2, 0) is 0 Å². The molecule has 4 heteroatoms. The lowest BCUT2D eigenvalue weighted by molar-refractivity contribution is 0.776. The largest absolute Gasteiger partial charge is 0.318 e. The van der Waals surface area contributed by atoms with Crippen LogP contribution in [0.5, 0.6) is 0 Å². The number of rotatable bonds is 5. The summed E-state index contributed by atoms with van der Waals surface area (Å²) in [6.07, 6.45) is 3.36. The highest BCUT2D eigenvalue weighted by molar-refractivity contribution is 7.99. The van der Waals surface area contributed by atoms with E-state index in [1.165, 1.54) is 5.56 Å². The van der Waals surface area contributed by atoms with Crippen LogP contribution in [0.3, 0.4) is 0 Å². The lowest BCUT2D eigenvalue weighted by atomic mass is 10.1. The second kappa shape index (κ2) is 6.37. The van der Waals surface area contributed by atoms with Gasteiger partial charge in [-0.1, -0.05) is 42.1 Å². The van der Waals surface area contributed by atoms with E-state index in [1.54, 1.807) is 24.3 Å². The summed E-state index contributed by atoms with van der Waals surface area (Å²) in [7, 11) is 1.97. The van der Waals surface area contributed by atoms with E-state index in [0.717, 1.165) is 11.6 Å². The average Bonchev–Trinajstić information content (AvgIpc) is 2.40. The Balaban J connectivity index is 2.13. The monoisotopic (exact) mass is 245 g/mol. The Morgan fingerprint density at radius 1 is 1.24 bits per heavy atom. The molecule has 0 fully saturated rings. The summed E-state index contributed by atoms with van der Waals surface area (Å²) in [5.41, 5.74) is 1.31. The standard InChI is InChI=1S/C13H15N3S/c1-14-9-12(11-5-3-2-4-6-11)17-13-7-8-15-10-16-13/h2-8,10,12,14H,9H2,1H3. The van der Waals surface area contributed by atoms with Crippen LogP contribution < -0.4 is 5.32 Å². The van der Waals surface area contributed by atoms with Crippen LogP contribution in [0.4, 0.5) is 0 Å². The number of thioether (sulfide) groups is 1. The number of hydrogen-bond donors (Lipinski definition) is 1. The van der Waals surface area contributed by atoms with Crippen LogP contribution in [0.1, 0.15) is 10.8 Å². The van der Waals surface area contributed by atoms with Crippen LogP contribution >= 0.6 is 11.8 Å². The SMILES string of the molecule is CNCC(Sc1ccncn1)c1ccccc1. The fourth-order valence-electron chi connectivity index (χ4n) is 1.57. The van der Waals surface area contributed by atoms with Crippen molar-refractivity contribution in [1.29, 1.82) is 0 Å². The average molecular weight is 245 g/mol. The molecule has 1 N–H and O–H groups in total. The summed E-state index contributed by atoms with van der Waals surface area (Å²) in [5.74, 6) is 0. The fraction of sp³-hybridized carbons (Fsp3) is 0.231. The minimum absolute atomic E-state index is 0.371. The Morgan fingerprint density at radius 3 is 2.71 bits per heavy atom. The predicted octanol–water partition coefficient (Wildman–Crippen LogP) is 2.53. The van der Waals surface area contributed by atoms with Gasteiger partial charge in [0, 0.05) is 18.0 Å². The molecule has 1 unspecified atom stereocenters. The van der Waals surface area contributed by atoms with Crippen molar-refractivity contribution in [2.45, 2.75) is 10.3 Å². The minimum atomic E-state index is 0.371. The third-order valence-corrected chi connectivity index (χ3v) is 3.59. The molecule has 1 aromatic heterocycles. The maximum atomic E-state index is 4.25. The molecule has 2 rings (SSSR count). The highest BCUT2D eigenvalue weighted by Gasteiger charge is 2.12. The summed E-state index contributed by atoms with van der Waals surface area (Å²) in [5, 5.41) is 4.60. The molecule has 0 saturated carbocycles. The number of hydrogen-bond acceptors (Lipinski definition) is 4. The fourth-order valence-corrected chi connectivity index (χ4v) is 2.66. The molecule has 1 atom stereocenters. The van der Waals surface area contributed by atoms with Gasteiger partial charge in [-0.15, -0.1) is 0 Å². The summed E-state index contributed by atoms with van der Waals surface area (Å²) in [6.45, 7) is 0.915. The van der Waals surface area contributed by atoms with E-state index in [2.05, 4.69) is 39.6 Å². The first kappa shape index (κ1) is 12.1. The third-order valence-electron chi connectivity index (χ3n) is 2.38. The molecule has 3 nitrogen and oxygen atoms in total. The zero-order valence-electron chi connectivity index (χ0n) is 9.71. The number of nitrogens with zero attached hydrogens (tertiary/aromatic N) is 2. The van der Waals surface area contributed by atoms with Gasteiger partial charge in [-0.3, -0.25) is 0 Å². The zero-order chi connectivity index (χ0) is 11.9. The normalized spacial score (nSPS) is 12.3. The van der Waals surface area contributed by atoms with Gasteiger partial charge in [0.15, 0.2) is 0 Å². The van der Waals surface area contributed by atoms with Gasteiger partial charge < -0.3 is 5.32 Å². The summed E-state index contributed by atoms with van der Waals surface area (Å²) in [4.78, 5) is 8.18. The maximum absolute atomic E-state index is 4.25. The smallest absolute Gasteiger partial charge is 0.116 e. The van der Waals surface area contributed by atoms with E-state index in [9.17, 15) is 0 Å². The predicted molar refractivity (Wildman–Crippen MR) is 71.0 cm³/mol. The van der Waals surface area contributed by atoms with E-state index in [4.69, 9.17) is 0 Å².